The van der Waals surface area contributed by atoms with Crippen LogP contribution < -0.4 is 0 Å². The van der Waals surface area contributed by atoms with Crippen LogP contribution in [0.2, 0.25) is 0 Å². The molecule has 0 saturated heterocycles. The van der Waals surface area contributed by atoms with E-state index in [-0.39, 0.29) is 1.43 Å². The van der Waals surface area contributed by atoms with Crippen molar-refractivity contribution in [1.29, 1.82) is 0 Å². The third kappa shape index (κ3) is 3.26. The minimum absolute atomic E-state index is 0. The van der Waals surface area contributed by atoms with Gasteiger partial charge in [-0.2, -0.15) is 0 Å². The first-order chi connectivity index (χ1) is 3.31. The Morgan fingerprint density at radius 2 is 2.57 bits per heavy atom. The van der Waals surface area contributed by atoms with E-state index in [1.54, 1.807) is 6.92 Å². The number of hydrogen-bond acceptors (Lipinski definition) is 3. The molecule has 44 valence electrons. The SMILES string of the molecule is CCOC(=O)CO.[HH]. The monoisotopic (exact) mass is 106 g/mol. The number of carbonyl (C=O) groups excluding carboxylic acids is 1. The number of aliphatic hydroxyl groups is 1. The molecule has 0 amide bonds. The predicted molar refractivity (Wildman–Crippen MR) is 25.8 cm³/mol. The van der Waals surface area contributed by atoms with E-state index >= 15 is 0 Å². The molecular weight excluding hydrogens is 96.0 g/mol. The van der Waals surface area contributed by atoms with Crippen molar-refractivity contribution < 1.29 is 16.1 Å². The zero-order chi connectivity index (χ0) is 5.70. The molecule has 0 bridgehead atoms. The summed E-state index contributed by atoms with van der Waals surface area (Å²) in [4.78, 5) is 9.94. The summed E-state index contributed by atoms with van der Waals surface area (Å²) in [6.07, 6.45) is 0. The van der Waals surface area contributed by atoms with Gasteiger partial charge >= 0.3 is 5.97 Å². The van der Waals surface area contributed by atoms with Crippen LogP contribution >= 0.6 is 0 Å². The van der Waals surface area contributed by atoms with Crippen LogP contribution in [0.25, 0.3) is 0 Å². The van der Waals surface area contributed by atoms with Crippen molar-refractivity contribution in [3.05, 3.63) is 0 Å². The molecule has 7 heavy (non-hydrogen) atoms. The standard InChI is InChI=1S/C4H8O3.H2/c1-2-7-4(6)3-5;/h5H,2-3H2,1H3;1H. The molecule has 3 heteroatoms. The number of aliphatic hydroxyl groups excluding tert-OH is 1. The zero-order valence-corrected chi connectivity index (χ0v) is 4.18. The first-order valence-electron chi connectivity index (χ1n) is 2.07. The third-order valence-electron chi connectivity index (χ3n) is 0.434. The third-order valence-corrected chi connectivity index (χ3v) is 0.434. The highest BCUT2D eigenvalue weighted by atomic mass is 16.5. The average Bonchev–Trinajstić information content (AvgIpc) is 1.68. The van der Waals surface area contributed by atoms with Crippen LogP contribution in [0, 0.1) is 0 Å². The summed E-state index contributed by atoms with van der Waals surface area (Å²) in [7, 11) is 0. The van der Waals surface area contributed by atoms with Gasteiger partial charge < -0.3 is 9.84 Å². The summed E-state index contributed by atoms with van der Waals surface area (Å²) in [5, 5.41) is 7.99. The lowest BCUT2D eigenvalue weighted by Crippen LogP contribution is -2.07. The summed E-state index contributed by atoms with van der Waals surface area (Å²) >= 11 is 0. The van der Waals surface area contributed by atoms with Crippen LogP contribution in [0.15, 0.2) is 0 Å². The van der Waals surface area contributed by atoms with Crippen molar-refractivity contribution in [3.63, 3.8) is 0 Å². The molecule has 3 nitrogen and oxygen atoms in total. The maximum absolute atomic E-state index is 9.94. The number of esters is 1. The number of carbonyl (C=O) groups is 1. The van der Waals surface area contributed by atoms with Crippen molar-refractivity contribution in [2.45, 2.75) is 6.92 Å². The highest BCUT2D eigenvalue weighted by molar-refractivity contribution is 5.70. The Morgan fingerprint density at radius 3 is 2.71 bits per heavy atom. The van der Waals surface area contributed by atoms with Gasteiger partial charge in [0, 0.05) is 1.43 Å². The summed E-state index contributed by atoms with van der Waals surface area (Å²) in [5.41, 5.74) is 0. The minimum atomic E-state index is -0.567. The lowest BCUT2D eigenvalue weighted by atomic mass is 10.7. The van der Waals surface area contributed by atoms with Crippen molar-refractivity contribution in [3.8, 4) is 0 Å². The second kappa shape index (κ2) is 3.61. The normalized spacial score (nSPS) is 8.29. The van der Waals surface area contributed by atoms with Gasteiger partial charge in [-0.25, -0.2) is 4.79 Å². The number of ether oxygens (including phenoxy) is 1. The Morgan fingerprint density at radius 1 is 2.00 bits per heavy atom. The molecule has 0 heterocycles. The van der Waals surface area contributed by atoms with Crippen LogP contribution in [-0.2, 0) is 9.53 Å². The van der Waals surface area contributed by atoms with E-state index in [0.717, 1.165) is 0 Å². The van der Waals surface area contributed by atoms with Gasteiger partial charge in [-0.3, -0.25) is 0 Å². The maximum Gasteiger partial charge on any atom is 0.331 e. The zero-order valence-electron chi connectivity index (χ0n) is 4.18. The Hall–Kier alpha value is -0.570. The molecule has 0 radical (unpaired) electrons. The van der Waals surface area contributed by atoms with Crippen molar-refractivity contribution in [1.82, 2.24) is 0 Å². The summed E-state index contributed by atoms with van der Waals surface area (Å²) < 4.78 is 4.30. The Kier molecular flexibility index (Phi) is 3.32. The van der Waals surface area contributed by atoms with Gasteiger partial charge in [-0.05, 0) is 6.92 Å². The van der Waals surface area contributed by atoms with Crippen molar-refractivity contribution in [2.75, 3.05) is 13.2 Å². The minimum Gasteiger partial charge on any atom is -0.464 e. The first-order valence-corrected chi connectivity index (χ1v) is 2.07. The van der Waals surface area contributed by atoms with E-state index in [0.29, 0.717) is 6.61 Å². The molecular formula is C4H10O3. The second-order valence-electron chi connectivity index (χ2n) is 0.963. The predicted octanol–water partition coefficient (Wildman–Crippen LogP) is -0.212. The van der Waals surface area contributed by atoms with Gasteiger partial charge in [0.05, 0.1) is 6.61 Å². The van der Waals surface area contributed by atoms with E-state index in [1.165, 1.54) is 0 Å². The smallest absolute Gasteiger partial charge is 0.331 e. The molecule has 0 saturated carbocycles. The summed E-state index contributed by atoms with van der Waals surface area (Å²) in [6, 6.07) is 0. The van der Waals surface area contributed by atoms with E-state index in [9.17, 15) is 4.79 Å². The highest BCUT2D eigenvalue weighted by Gasteiger charge is 1.92. The van der Waals surface area contributed by atoms with Crippen LogP contribution in [0.4, 0.5) is 0 Å². The molecule has 0 aliphatic carbocycles. The lowest BCUT2D eigenvalue weighted by Gasteiger charge is -1.93. The largest absolute Gasteiger partial charge is 0.464 e. The van der Waals surface area contributed by atoms with E-state index in [2.05, 4.69) is 4.74 Å². The van der Waals surface area contributed by atoms with Crippen LogP contribution in [0.5, 0.6) is 0 Å². The first kappa shape index (κ1) is 6.43. The van der Waals surface area contributed by atoms with Gasteiger partial charge in [0.15, 0.2) is 0 Å². The van der Waals surface area contributed by atoms with Crippen molar-refractivity contribution in [2.24, 2.45) is 0 Å². The second-order valence-corrected chi connectivity index (χ2v) is 0.963. The highest BCUT2D eigenvalue weighted by Crippen LogP contribution is 1.71. The molecule has 0 aromatic carbocycles. The van der Waals surface area contributed by atoms with E-state index in [1.807, 2.05) is 0 Å². The van der Waals surface area contributed by atoms with Gasteiger partial charge in [0.2, 0.25) is 0 Å². The van der Waals surface area contributed by atoms with Crippen LogP contribution in [0.1, 0.15) is 8.35 Å². The average molecular weight is 106 g/mol. The Balaban J connectivity index is 0. The molecule has 0 unspecified atom stereocenters. The van der Waals surface area contributed by atoms with E-state index in [4.69, 9.17) is 5.11 Å². The fourth-order valence-corrected chi connectivity index (χ4v) is 0.207. The van der Waals surface area contributed by atoms with E-state index < -0.39 is 12.6 Å². The Labute approximate surface area is 43.4 Å². The number of rotatable bonds is 2. The molecule has 0 aliphatic heterocycles. The summed E-state index contributed by atoms with van der Waals surface area (Å²) in [5.74, 6) is -0.567. The molecule has 0 aromatic heterocycles. The van der Waals surface area contributed by atoms with Crippen molar-refractivity contribution >= 4 is 5.97 Å². The van der Waals surface area contributed by atoms with Crippen LogP contribution in [-0.4, -0.2) is 24.3 Å². The molecule has 0 aromatic rings. The molecule has 0 aliphatic rings. The lowest BCUT2D eigenvalue weighted by molar-refractivity contribution is -0.146. The molecule has 0 rings (SSSR count). The topological polar surface area (TPSA) is 46.5 Å². The van der Waals surface area contributed by atoms with Gasteiger partial charge in [-0.1, -0.05) is 0 Å². The van der Waals surface area contributed by atoms with Gasteiger partial charge in [0.25, 0.3) is 0 Å². The van der Waals surface area contributed by atoms with Gasteiger partial charge in [0.1, 0.15) is 6.61 Å². The molecule has 0 fully saturated rings. The fourth-order valence-electron chi connectivity index (χ4n) is 0.207. The Bertz CT molecular complexity index is 64.3. The maximum atomic E-state index is 9.94. The molecule has 1 N–H and O–H groups in total. The van der Waals surface area contributed by atoms with Gasteiger partial charge in [-0.15, -0.1) is 0 Å². The number of hydrogen-bond donors (Lipinski definition) is 1. The molecule has 0 spiro atoms. The quantitative estimate of drug-likeness (QED) is 0.495. The molecule has 0 atom stereocenters. The summed E-state index contributed by atoms with van der Waals surface area (Å²) in [6.45, 7) is 1.50. The fraction of sp³-hybridized carbons (Fsp3) is 0.750. The van der Waals surface area contributed by atoms with Crippen LogP contribution in [0.3, 0.4) is 0 Å².